The third-order valence-electron chi connectivity index (χ3n) is 12.7. The molecule has 0 aromatic heterocycles. The fourth-order valence-corrected chi connectivity index (χ4v) is 15.4. The van der Waals surface area contributed by atoms with Crippen molar-refractivity contribution < 1.29 is 57.2 Å². The van der Waals surface area contributed by atoms with Gasteiger partial charge in [0, 0.05) is 38.5 Å². The Labute approximate surface area is 412 Å². The number of benzene rings is 1. The predicted molar refractivity (Wildman–Crippen MR) is 273 cm³/mol. The lowest BCUT2D eigenvalue weighted by Crippen LogP contribution is -2.56. The zero-order chi connectivity index (χ0) is 51.8. The van der Waals surface area contributed by atoms with Gasteiger partial charge in [-0.3, -0.25) is 0 Å². The Hall–Kier alpha value is -5.82. The van der Waals surface area contributed by atoms with Gasteiger partial charge >= 0.3 is 35.8 Å². The first-order chi connectivity index (χ1) is 32.5. The lowest BCUT2D eigenvalue weighted by atomic mass is 9.67. The van der Waals surface area contributed by atoms with Crippen LogP contribution in [0.3, 0.4) is 0 Å². The molecule has 1 aromatic carbocycles. The van der Waals surface area contributed by atoms with E-state index in [2.05, 4.69) is 76.8 Å². The van der Waals surface area contributed by atoms with E-state index in [-0.39, 0.29) is 39.6 Å². The smallest absolute Gasteiger partial charge is 0.333 e. The van der Waals surface area contributed by atoms with Crippen LogP contribution in [0.2, 0.25) is 18.1 Å². The van der Waals surface area contributed by atoms with Crippen molar-refractivity contribution in [3.8, 4) is 0 Å². The van der Waals surface area contributed by atoms with Crippen LogP contribution < -0.4 is 0 Å². The van der Waals surface area contributed by atoms with Gasteiger partial charge in [-0.25, -0.2) is 28.8 Å². The van der Waals surface area contributed by atoms with Crippen LogP contribution in [0.1, 0.15) is 117 Å². The lowest BCUT2D eigenvalue weighted by molar-refractivity contribution is -0.140. The Morgan fingerprint density at radius 3 is 1.09 bits per heavy atom. The van der Waals surface area contributed by atoms with E-state index < -0.39 is 54.3 Å². The van der Waals surface area contributed by atoms with Crippen LogP contribution in [-0.4, -0.2) is 83.5 Å². The average Bonchev–Trinajstić information content (AvgIpc) is 3.30. The van der Waals surface area contributed by atoms with Gasteiger partial charge in [-0.05, 0) is 135 Å². The molecular formula is C56H78O12Si. The Balaban J connectivity index is 2.92. The second-order valence-electron chi connectivity index (χ2n) is 18.7. The summed E-state index contributed by atoms with van der Waals surface area (Å²) in [6, 6.07) is 10.5. The minimum atomic E-state index is -2.84. The molecule has 378 valence electrons. The van der Waals surface area contributed by atoms with Gasteiger partial charge in [0.2, 0.25) is 0 Å². The van der Waals surface area contributed by atoms with Crippen LogP contribution in [-0.2, 0) is 62.2 Å². The predicted octanol–water partition coefficient (Wildman–Crippen LogP) is 11.3. The quantitative estimate of drug-likeness (QED) is 0.0216. The molecule has 13 heteroatoms. The van der Waals surface area contributed by atoms with Gasteiger partial charge in [0.25, 0.3) is 0 Å². The Kier molecular flexibility index (Phi) is 25.1. The maximum Gasteiger partial charge on any atom is 0.333 e. The molecule has 0 radical (unpaired) electrons. The highest BCUT2D eigenvalue weighted by molar-refractivity contribution is 6.83. The molecule has 0 spiro atoms. The first-order valence-corrected chi connectivity index (χ1v) is 26.6. The fraction of sp³-hybridized carbons (Fsp3) is 0.500. The maximum atomic E-state index is 12.6. The molecule has 1 aliphatic carbocycles. The van der Waals surface area contributed by atoms with Crippen molar-refractivity contribution in [3.05, 3.63) is 132 Å². The number of allylic oxidation sites excluding steroid dienone is 4. The van der Waals surface area contributed by atoms with E-state index >= 15 is 0 Å². The second-order valence-corrected chi connectivity index (χ2v) is 23.6. The summed E-state index contributed by atoms with van der Waals surface area (Å²) in [7, 11) is -2.84. The molecule has 1 unspecified atom stereocenters. The number of carbonyl (C=O) groups is 6. The number of hydrogen-bond acceptors (Lipinski definition) is 12. The van der Waals surface area contributed by atoms with Crippen LogP contribution in [0.15, 0.2) is 121 Å². The van der Waals surface area contributed by atoms with Crippen molar-refractivity contribution in [2.24, 2.45) is 5.41 Å². The average molecular weight is 971 g/mol. The van der Waals surface area contributed by atoms with Crippen molar-refractivity contribution in [1.29, 1.82) is 0 Å². The highest BCUT2D eigenvalue weighted by Crippen LogP contribution is 2.53. The van der Waals surface area contributed by atoms with Crippen molar-refractivity contribution >= 4 is 43.9 Å². The molecule has 1 aliphatic rings. The first kappa shape index (κ1) is 59.3. The Bertz CT molecular complexity index is 1970. The van der Waals surface area contributed by atoms with Gasteiger partial charge in [0.15, 0.2) is 0 Å². The summed E-state index contributed by atoms with van der Waals surface area (Å²) in [5.74, 6) is -2.81. The van der Waals surface area contributed by atoms with Gasteiger partial charge in [-0.1, -0.05) is 100 Å². The standard InChI is InChI=1S/C56H78O12Si/c1-40(2)49(57)63-31-16-26-55(27-17-32-64-50(58)41(3)4,28-18-33-65-51(59)42(5)6)47-24-29-56(30-25-47,48-23-15-14-22-46(48)13)69(37-19-34-66-52(60)43(7)8,38-20-35-67-53(61)44(9)10)39-21-36-68-54(62)45(11)12/h14-15,22-25,29H,1,3,5,7,9,11,16-21,26-28,30-39H2,2,4,6,8,10,12-13H3. The summed E-state index contributed by atoms with van der Waals surface area (Å²) < 4.78 is 33.8. The van der Waals surface area contributed by atoms with E-state index in [0.29, 0.717) is 116 Å². The minimum absolute atomic E-state index is 0.157. The Morgan fingerprint density at radius 1 is 0.507 bits per heavy atom. The normalized spacial score (nSPS) is 14.3. The maximum absolute atomic E-state index is 12.6. The number of hydrogen-bond donors (Lipinski definition) is 0. The molecule has 0 bridgehead atoms. The SMILES string of the molecule is C=C(C)C(=O)OCCCC(CCCOC(=O)C(=C)C)(CCCOC(=O)C(=C)C)C1=CCC(c2ccccc2C)([Si](CCCOC(=O)C(=C)C)(CCCOC(=O)C(=C)C)CCCOC(=O)C(=C)C)C=C1. The highest BCUT2D eigenvalue weighted by Gasteiger charge is 2.52. The summed E-state index contributed by atoms with van der Waals surface area (Å²) >= 11 is 0. The first-order valence-electron chi connectivity index (χ1n) is 24.0. The van der Waals surface area contributed by atoms with Gasteiger partial charge in [-0.15, -0.1) is 0 Å². The number of rotatable bonds is 33. The summed E-state index contributed by atoms with van der Waals surface area (Å²) in [5.41, 5.74) is 4.57. The van der Waals surface area contributed by atoms with Crippen LogP contribution in [0.4, 0.5) is 0 Å². The molecule has 0 N–H and O–H groups in total. The zero-order valence-corrected chi connectivity index (χ0v) is 43.6. The zero-order valence-electron chi connectivity index (χ0n) is 42.6. The van der Waals surface area contributed by atoms with Gasteiger partial charge in [0.1, 0.15) is 0 Å². The number of aryl methyl sites for hydroxylation is 1. The van der Waals surface area contributed by atoms with E-state index in [1.807, 2.05) is 12.1 Å². The summed E-state index contributed by atoms with van der Waals surface area (Å²) in [4.78, 5) is 75.4. The third kappa shape index (κ3) is 18.5. The van der Waals surface area contributed by atoms with Crippen molar-refractivity contribution in [3.63, 3.8) is 0 Å². The summed E-state index contributed by atoms with van der Waals surface area (Å²) in [6.07, 6.45) is 12.4. The van der Waals surface area contributed by atoms with E-state index in [4.69, 9.17) is 28.4 Å². The molecule has 1 atom stereocenters. The van der Waals surface area contributed by atoms with Crippen molar-refractivity contribution in [2.45, 2.75) is 136 Å². The molecule has 0 fully saturated rings. The monoisotopic (exact) mass is 971 g/mol. The van der Waals surface area contributed by atoms with Crippen LogP contribution in [0.5, 0.6) is 0 Å². The fourth-order valence-electron chi connectivity index (χ4n) is 9.03. The van der Waals surface area contributed by atoms with Gasteiger partial charge in [0.05, 0.1) is 47.7 Å². The topological polar surface area (TPSA) is 158 Å². The molecular weight excluding hydrogens is 893 g/mol. The molecule has 0 saturated heterocycles. The van der Waals surface area contributed by atoms with Crippen molar-refractivity contribution in [2.75, 3.05) is 39.6 Å². The van der Waals surface area contributed by atoms with E-state index in [9.17, 15) is 28.8 Å². The largest absolute Gasteiger partial charge is 0.462 e. The second kappa shape index (κ2) is 29.3. The van der Waals surface area contributed by atoms with Crippen LogP contribution >= 0.6 is 0 Å². The molecule has 0 aliphatic heterocycles. The molecule has 1 aromatic rings. The van der Waals surface area contributed by atoms with E-state index in [0.717, 1.165) is 16.7 Å². The summed E-state index contributed by atoms with van der Waals surface area (Å²) in [6.45, 7) is 35.2. The minimum Gasteiger partial charge on any atom is -0.462 e. The van der Waals surface area contributed by atoms with Gasteiger partial charge in [-0.2, -0.15) is 0 Å². The lowest BCUT2D eigenvalue weighted by Gasteiger charge is -2.52. The molecule has 0 saturated carbocycles. The van der Waals surface area contributed by atoms with Crippen molar-refractivity contribution in [1.82, 2.24) is 0 Å². The Morgan fingerprint density at radius 2 is 0.812 bits per heavy atom. The van der Waals surface area contributed by atoms with Crippen LogP contribution in [0.25, 0.3) is 0 Å². The van der Waals surface area contributed by atoms with E-state index in [1.54, 1.807) is 41.5 Å². The highest BCUT2D eigenvalue weighted by atomic mass is 28.3. The molecule has 12 nitrogen and oxygen atoms in total. The molecule has 69 heavy (non-hydrogen) atoms. The van der Waals surface area contributed by atoms with E-state index in [1.165, 1.54) is 0 Å². The number of ether oxygens (including phenoxy) is 6. The number of esters is 6. The molecule has 0 amide bonds. The van der Waals surface area contributed by atoms with Crippen LogP contribution in [0, 0.1) is 12.3 Å². The third-order valence-corrected chi connectivity index (χ3v) is 19.1. The van der Waals surface area contributed by atoms with Gasteiger partial charge < -0.3 is 28.4 Å². The molecule has 2 rings (SSSR count). The molecule has 0 heterocycles. The number of carbonyl (C=O) groups excluding carboxylic acids is 6. The summed E-state index contributed by atoms with van der Waals surface area (Å²) in [5, 5.41) is -0.562.